The summed E-state index contributed by atoms with van der Waals surface area (Å²) in [7, 11) is 0. The zero-order valence-corrected chi connectivity index (χ0v) is 15.5. The minimum atomic E-state index is -3.33. The van der Waals surface area contributed by atoms with Crippen molar-refractivity contribution in [2.75, 3.05) is 0 Å². The SMILES string of the molecule is CC(=O)N[C@@H]1[C@](O)(C(C)=O)O[C@H](C(=O)C(C)O)[C@](O)(C(C)=O)[C@@]1(O)C(C)=O. The standard InChI is InChI=1S/C16H23NO10/c1-6(18)11(23)12-14(24,7(2)19)15(25,8(3)20)13(17-10(5)22)16(26,27-12)9(4)21/h6,12-13,18,24-26H,1-5H3,(H,17,22)/t6?,12-,13+,14-,15-,16+/m1/s1. The zero-order valence-electron chi connectivity index (χ0n) is 15.5. The van der Waals surface area contributed by atoms with Crippen LogP contribution < -0.4 is 5.32 Å². The van der Waals surface area contributed by atoms with E-state index < -0.39 is 64.3 Å². The summed E-state index contributed by atoms with van der Waals surface area (Å²) in [5.41, 5.74) is -6.65. The average molecular weight is 389 g/mol. The van der Waals surface area contributed by atoms with Crippen LogP contribution in [0.2, 0.25) is 0 Å². The van der Waals surface area contributed by atoms with Gasteiger partial charge in [0.05, 0.1) is 0 Å². The lowest BCUT2D eigenvalue weighted by Gasteiger charge is -2.56. The summed E-state index contributed by atoms with van der Waals surface area (Å²) in [6.45, 7) is 4.09. The Kier molecular flexibility index (Phi) is 6.10. The van der Waals surface area contributed by atoms with Crippen LogP contribution in [0.3, 0.4) is 0 Å². The summed E-state index contributed by atoms with van der Waals surface area (Å²) in [4.78, 5) is 60.5. The number of aliphatic hydroxyl groups is 4. The van der Waals surface area contributed by atoms with Crippen molar-refractivity contribution in [3.05, 3.63) is 0 Å². The van der Waals surface area contributed by atoms with Crippen molar-refractivity contribution in [2.45, 2.75) is 69.9 Å². The Labute approximate surface area is 154 Å². The van der Waals surface area contributed by atoms with E-state index in [1.54, 1.807) is 0 Å². The van der Waals surface area contributed by atoms with Crippen LogP contribution in [0, 0.1) is 0 Å². The zero-order chi connectivity index (χ0) is 21.5. The fourth-order valence-corrected chi connectivity index (χ4v) is 3.14. The Hall–Kier alpha value is -2.05. The van der Waals surface area contributed by atoms with Crippen LogP contribution in [0.1, 0.15) is 34.6 Å². The maximum Gasteiger partial charge on any atom is 0.251 e. The molecular formula is C16H23NO10. The van der Waals surface area contributed by atoms with Crippen molar-refractivity contribution in [3.8, 4) is 0 Å². The predicted octanol–water partition coefficient (Wildman–Crippen LogP) is -3.24. The van der Waals surface area contributed by atoms with Crippen LogP contribution in [-0.4, -0.2) is 84.7 Å². The van der Waals surface area contributed by atoms with E-state index in [9.17, 15) is 44.4 Å². The maximum absolute atomic E-state index is 12.3. The number of Topliss-reactive ketones (excluding diaryl/α,β-unsaturated/α-hetero) is 4. The molecule has 6 atom stereocenters. The first kappa shape index (κ1) is 23.0. The van der Waals surface area contributed by atoms with Gasteiger partial charge < -0.3 is 30.5 Å². The molecule has 11 heteroatoms. The first-order valence-electron chi connectivity index (χ1n) is 7.95. The second kappa shape index (κ2) is 7.17. The highest BCUT2D eigenvalue weighted by Crippen LogP contribution is 2.44. The van der Waals surface area contributed by atoms with Gasteiger partial charge in [0.1, 0.15) is 12.1 Å². The minimum Gasteiger partial charge on any atom is -0.386 e. The molecule has 1 amide bonds. The van der Waals surface area contributed by atoms with E-state index in [2.05, 4.69) is 0 Å². The topological polar surface area (TPSA) is 188 Å². The van der Waals surface area contributed by atoms with Crippen LogP contribution in [0.5, 0.6) is 0 Å². The third-order valence-corrected chi connectivity index (χ3v) is 4.66. The van der Waals surface area contributed by atoms with E-state index in [-0.39, 0.29) is 0 Å². The summed E-state index contributed by atoms with van der Waals surface area (Å²) >= 11 is 0. The fourth-order valence-electron chi connectivity index (χ4n) is 3.14. The smallest absolute Gasteiger partial charge is 0.251 e. The van der Waals surface area contributed by atoms with Gasteiger partial charge in [-0.2, -0.15) is 0 Å². The molecule has 0 aromatic carbocycles. The molecule has 1 rings (SSSR count). The van der Waals surface area contributed by atoms with Crippen molar-refractivity contribution in [1.82, 2.24) is 5.32 Å². The molecule has 1 saturated heterocycles. The van der Waals surface area contributed by atoms with Crippen LogP contribution in [0.15, 0.2) is 0 Å². The van der Waals surface area contributed by atoms with Gasteiger partial charge in [-0.1, -0.05) is 0 Å². The van der Waals surface area contributed by atoms with E-state index in [0.717, 1.165) is 34.6 Å². The molecule has 1 unspecified atom stereocenters. The lowest BCUT2D eigenvalue weighted by atomic mass is 9.63. The average Bonchev–Trinajstić information content (AvgIpc) is 2.53. The number of nitrogens with one attached hydrogen (secondary N) is 1. The molecule has 0 aliphatic carbocycles. The Bertz CT molecular complexity index is 703. The Balaban J connectivity index is 3.95. The van der Waals surface area contributed by atoms with Crippen LogP contribution in [0.25, 0.3) is 0 Å². The van der Waals surface area contributed by atoms with Gasteiger partial charge in [0.2, 0.25) is 5.91 Å². The highest BCUT2D eigenvalue weighted by atomic mass is 16.7. The van der Waals surface area contributed by atoms with Gasteiger partial charge in [-0.15, -0.1) is 0 Å². The number of ether oxygens (including phenoxy) is 1. The molecule has 0 radical (unpaired) electrons. The van der Waals surface area contributed by atoms with E-state index in [1.807, 2.05) is 5.32 Å². The van der Waals surface area contributed by atoms with Crippen LogP contribution >= 0.6 is 0 Å². The summed E-state index contributed by atoms with van der Waals surface area (Å²) < 4.78 is 4.99. The number of rotatable bonds is 6. The van der Waals surface area contributed by atoms with E-state index in [0.29, 0.717) is 0 Å². The molecule has 11 nitrogen and oxygen atoms in total. The number of carbonyl (C=O) groups is 5. The fraction of sp³-hybridized carbons (Fsp3) is 0.688. The molecule has 0 aromatic heterocycles. The molecule has 0 bridgehead atoms. The molecule has 1 aliphatic heterocycles. The number of ketones is 4. The largest absolute Gasteiger partial charge is 0.386 e. The van der Waals surface area contributed by atoms with Gasteiger partial charge in [-0.05, 0) is 20.8 Å². The highest BCUT2D eigenvalue weighted by Gasteiger charge is 2.76. The Morgan fingerprint density at radius 1 is 0.889 bits per heavy atom. The quantitative estimate of drug-likeness (QED) is 0.309. The van der Waals surface area contributed by atoms with E-state index >= 15 is 0 Å². The summed E-state index contributed by atoms with van der Waals surface area (Å²) in [5.74, 6) is -9.41. The molecule has 1 heterocycles. The predicted molar refractivity (Wildman–Crippen MR) is 86.1 cm³/mol. The van der Waals surface area contributed by atoms with Crippen molar-refractivity contribution in [2.24, 2.45) is 0 Å². The van der Waals surface area contributed by atoms with Gasteiger partial charge in [-0.25, -0.2) is 0 Å². The monoisotopic (exact) mass is 389 g/mol. The van der Waals surface area contributed by atoms with Crippen molar-refractivity contribution < 1.29 is 49.1 Å². The van der Waals surface area contributed by atoms with E-state index in [4.69, 9.17) is 4.74 Å². The number of aliphatic hydroxyl groups excluding tert-OH is 1. The second-order valence-corrected chi connectivity index (χ2v) is 6.61. The maximum atomic E-state index is 12.3. The number of carbonyl (C=O) groups excluding carboxylic acids is 5. The van der Waals surface area contributed by atoms with Gasteiger partial charge in [0, 0.05) is 13.8 Å². The van der Waals surface area contributed by atoms with Crippen molar-refractivity contribution in [1.29, 1.82) is 0 Å². The Morgan fingerprint density at radius 2 is 1.33 bits per heavy atom. The van der Waals surface area contributed by atoms with Crippen LogP contribution in [0.4, 0.5) is 0 Å². The van der Waals surface area contributed by atoms with Crippen molar-refractivity contribution >= 4 is 29.0 Å². The molecule has 152 valence electrons. The molecule has 0 spiro atoms. The van der Waals surface area contributed by atoms with Crippen molar-refractivity contribution in [3.63, 3.8) is 0 Å². The molecule has 5 N–H and O–H groups in total. The van der Waals surface area contributed by atoms with Gasteiger partial charge in [0.15, 0.2) is 40.4 Å². The van der Waals surface area contributed by atoms with Gasteiger partial charge in [0.25, 0.3) is 5.79 Å². The van der Waals surface area contributed by atoms with E-state index in [1.165, 1.54) is 0 Å². The minimum absolute atomic E-state index is 0.721. The summed E-state index contributed by atoms with van der Waals surface area (Å²) in [6.07, 6.45) is -4.34. The first-order chi connectivity index (χ1) is 12.1. The molecule has 0 saturated carbocycles. The van der Waals surface area contributed by atoms with Gasteiger partial charge in [-0.3, -0.25) is 24.0 Å². The first-order valence-corrected chi connectivity index (χ1v) is 7.95. The highest BCUT2D eigenvalue weighted by molar-refractivity contribution is 6.06. The van der Waals surface area contributed by atoms with Crippen LogP contribution in [-0.2, 0) is 28.7 Å². The molecule has 0 aromatic rings. The lowest BCUT2D eigenvalue weighted by Crippen LogP contribution is -2.87. The summed E-state index contributed by atoms with van der Waals surface area (Å²) in [6, 6.07) is -2.33. The molecule has 27 heavy (non-hydrogen) atoms. The lowest BCUT2D eigenvalue weighted by molar-refractivity contribution is -0.328. The normalized spacial score (nSPS) is 37.2. The number of hydrogen-bond acceptors (Lipinski definition) is 10. The second-order valence-electron chi connectivity index (χ2n) is 6.61. The third kappa shape index (κ3) is 3.21. The molecular weight excluding hydrogens is 366 g/mol. The summed E-state index contributed by atoms with van der Waals surface area (Å²) in [5, 5.41) is 44.2. The van der Waals surface area contributed by atoms with Gasteiger partial charge >= 0.3 is 0 Å². The number of amides is 1. The third-order valence-electron chi connectivity index (χ3n) is 4.66. The molecule has 1 aliphatic rings. The molecule has 1 fully saturated rings. The Morgan fingerprint density at radius 3 is 1.63 bits per heavy atom. The number of hydrogen-bond donors (Lipinski definition) is 5.